The zero-order chi connectivity index (χ0) is 9.47. The molecule has 0 aromatic rings. The molecule has 1 saturated carbocycles. The lowest BCUT2D eigenvalue weighted by Gasteiger charge is -2.30. The van der Waals surface area contributed by atoms with Crippen LogP contribution in [0.5, 0.6) is 0 Å². The molecular formula is C8H13BCl3N. The number of hydrogen-bond acceptors (Lipinski definition) is 0. The molecule has 2 rings (SSSR count). The van der Waals surface area contributed by atoms with Crippen molar-refractivity contribution < 1.29 is 4.49 Å². The van der Waals surface area contributed by atoms with Crippen molar-refractivity contribution in [2.45, 2.75) is 38.1 Å². The van der Waals surface area contributed by atoms with Gasteiger partial charge >= 0.3 is 4.53 Å². The molecule has 2 unspecified atom stereocenters. The fraction of sp³-hybridized carbons (Fsp3) is 0.875. The second kappa shape index (κ2) is 3.64. The minimum atomic E-state index is -1.87. The van der Waals surface area contributed by atoms with E-state index in [2.05, 4.69) is 6.21 Å². The van der Waals surface area contributed by atoms with E-state index < -0.39 is 4.53 Å². The predicted octanol–water partition coefficient (Wildman–Crippen LogP) is 3.18. The normalized spacial score (nSPS) is 34.2. The fourth-order valence-corrected chi connectivity index (χ4v) is 3.26. The van der Waals surface area contributed by atoms with Crippen molar-refractivity contribution in [1.82, 2.24) is 0 Å². The van der Waals surface area contributed by atoms with E-state index in [1.807, 2.05) is 4.49 Å². The maximum Gasteiger partial charge on any atom is 0.528 e. The third-order valence-corrected chi connectivity index (χ3v) is 3.89. The second-order valence-electron chi connectivity index (χ2n) is 4.02. The summed E-state index contributed by atoms with van der Waals surface area (Å²) in [5.41, 5.74) is 0. The molecule has 1 aliphatic heterocycles. The molecule has 74 valence electrons. The van der Waals surface area contributed by atoms with Crippen LogP contribution in [-0.4, -0.2) is 21.3 Å². The molecule has 0 saturated heterocycles. The molecule has 2 atom stereocenters. The van der Waals surface area contributed by atoms with Crippen LogP contribution >= 0.6 is 34.4 Å². The van der Waals surface area contributed by atoms with Crippen LogP contribution in [-0.2, 0) is 0 Å². The van der Waals surface area contributed by atoms with Crippen molar-refractivity contribution in [3.63, 3.8) is 0 Å². The molecule has 1 fully saturated rings. The van der Waals surface area contributed by atoms with Crippen LogP contribution in [0.2, 0.25) is 0 Å². The summed E-state index contributed by atoms with van der Waals surface area (Å²) in [5.74, 6) is 0.742. The highest BCUT2D eigenvalue weighted by Gasteiger charge is 2.43. The molecular weight excluding hydrogens is 227 g/mol. The molecule has 0 bridgehead atoms. The first-order chi connectivity index (χ1) is 6.09. The fourth-order valence-electron chi connectivity index (χ4n) is 2.58. The van der Waals surface area contributed by atoms with Crippen LogP contribution in [0, 0.1) is 5.92 Å². The Bertz CT molecular complexity index is 236. The molecule has 0 spiro atoms. The second-order valence-corrected chi connectivity index (χ2v) is 6.58. The van der Waals surface area contributed by atoms with Gasteiger partial charge < -0.3 is 4.49 Å². The minimum Gasteiger partial charge on any atom is -0.416 e. The van der Waals surface area contributed by atoms with Crippen molar-refractivity contribution in [2.75, 3.05) is 0 Å². The summed E-state index contributed by atoms with van der Waals surface area (Å²) in [7, 11) is 0. The Hall–Kier alpha value is 0.605. The summed E-state index contributed by atoms with van der Waals surface area (Å²) in [4.78, 5) is 0. The Morgan fingerprint density at radius 2 is 1.85 bits per heavy atom. The summed E-state index contributed by atoms with van der Waals surface area (Å²) >= 11 is 17.8. The van der Waals surface area contributed by atoms with Crippen molar-refractivity contribution in [3.8, 4) is 0 Å². The molecule has 1 aliphatic carbocycles. The standard InChI is InChI=1S/C8H13BCl3N/c10-9(11,12)13-6-5-7-3-1-2-4-8(7)13/h6-8H,1-5H2. The van der Waals surface area contributed by atoms with Crippen molar-refractivity contribution >= 4 is 45.1 Å². The van der Waals surface area contributed by atoms with Gasteiger partial charge in [-0.05, 0) is 12.8 Å². The van der Waals surface area contributed by atoms with Gasteiger partial charge in [-0.2, -0.15) is 0 Å². The Labute approximate surface area is 93.7 Å². The monoisotopic (exact) mass is 239 g/mol. The highest BCUT2D eigenvalue weighted by Crippen LogP contribution is 2.37. The smallest absolute Gasteiger partial charge is 0.416 e. The van der Waals surface area contributed by atoms with E-state index in [4.69, 9.17) is 34.4 Å². The average Bonchev–Trinajstić information content (AvgIpc) is 2.45. The highest BCUT2D eigenvalue weighted by molar-refractivity contribution is 7.61. The van der Waals surface area contributed by atoms with Gasteiger partial charge in [0.1, 0.15) is 6.04 Å². The Morgan fingerprint density at radius 3 is 2.54 bits per heavy atom. The van der Waals surface area contributed by atoms with E-state index in [1.54, 1.807) is 0 Å². The lowest BCUT2D eigenvalue weighted by molar-refractivity contribution is -0.432. The number of halogens is 3. The topological polar surface area (TPSA) is 3.01 Å². The highest BCUT2D eigenvalue weighted by atomic mass is 35.6. The van der Waals surface area contributed by atoms with Crippen molar-refractivity contribution in [3.05, 3.63) is 0 Å². The van der Waals surface area contributed by atoms with Gasteiger partial charge in [0.2, 0.25) is 0 Å². The third kappa shape index (κ3) is 2.00. The van der Waals surface area contributed by atoms with Gasteiger partial charge in [-0.1, -0.05) is 6.42 Å². The molecule has 0 N–H and O–H groups in total. The predicted molar refractivity (Wildman–Crippen MR) is 60.0 cm³/mol. The molecule has 0 aromatic carbocycles. The first kappa shape index (κ1) is 10.1. The summed E-state index contributed by atoms with van der Waals surface area (Å²) < 4.78 is 0.112. The molecule has 0 amide bonds. The summed E-state index contributed by atoms with van der Waals surface area (Å²) in [6, 6.07) is 0.501. The van der Waals surface area contributed by atoms with E-state index in [-0.39, 0.29) is 0 Å². The minimum absolute atomic E-state index is 0.501. The maximum atomic E-state index is 5.95. The zero-order valence-corrected chi connectivity index (χ0v) is 9.69. The van der Waals surface area contributed by atoms with Gasteiger partial charge in [0.25, 0.3) is 0 Å². The van der Waals surface area contributed by atoms with Gasteiger partial charge in [0.05, 0.1) is 6.21 Å². The number of nitrogens with zero attached hydrogens (tertiary/aromatic N) is 1. The quantitative estimate of drug-likeness (QED) is 0.619. The molecule has 2 aliphatic rings. The van der Waals surface area contributed by atoms with Gasteiger partial charge in [-0.3, -0.25) is 34.4 Å². The third-order valence-electron chi connectivity index (χ3n) is 3.21. The van der Waals surface area contributed by atoms with Crippen molar-refractivity contribution in [2.24, 2.45) is 5.92 Å². The summed E-state index contributed by atoms with van der Waals surface area (Å²) in [6.45, 7) is 0. The molecule has 0 aromatic heterocycles. The molecule has 1 nitrogen and oxygen atoms in total. The van der Waals surface area contributed by atoms with Gasteiger partial charge in [-0.25, -0.2) is 0 Å². The molecule has 1 heterocycles. The van der Waals surface area contributed by atoms with Gasteiger partial charge in [0, 0.05) is 18.8 Å². The van der Waals surface area contributed by atoms with E-state index in [0.29, 0.717) is 6.04 Å². The van der Waals surface area contributed by atoms with Crippen LogP contribution in [0.1, 0.15) is 32.1 Å². The maximum absolute atomic E-state index is 5.95. The van der Waals surface area contributed by atoms with E-state index in [9.17, 15) is 0 Å². The van der Waals surface area contributed by atoms with Crippen LogP contribution in [0.4, 0.5) is 0 Å². The number of rotatable bonds is 1. The van der Waals surface area contributed by atoms with Crippen molar-refractivity contribution in [1.29, 1.82) is 0 Å². The summed E-state index contributed by atoms with van der Waals surface area (Å²) in [6.07, 6.45) is 8.30. The van der Waals surface area contributed by atoms with Crippen LogP contribution in [0.3, 0.4) is 0 Å². The molecule has 13 heavy (non-hydrogen) atoms. The lowest BCUT2D eigenvalue weighted by atomic mass is 9.84. The van der Waals surface area contributed by atoms with Crippen LogP contribution in [0.15, 0.2) is 0 Å². The first-order valence-electron chi connectivity index (χ1n) is 4.90. The summed E-state index contributed by atoms with van der Waals surface area (Å²) in [5, 5.41) is 0. The zero-order valence-electron chi connectivity index (χ0n) is 7.43. The van der Waals surface area contributed by atoms with E-state index in [0.717, 1.165) is 12.3 Å². The largest absolute Gasteiger partial charge is 0.528 e. The van der Waals surface area contributed by atoms with Gasteiger partial charge in [0.15, 0.2) is 0 Å². The van der Waals surface area contributed by atoms with Crippen LogP contribution in [0.25, 0.3) is 0 Å². The first-order valence-corrected chi connectivity index (χ1v) is 6.20. The Balaban J connectivity index is 2.14. The average molecular weight is 240 g/mol. The number of fused-ring (bicyclic) bond motifs is 1. The molecule has 5 heteroatoms. The van der Waals surface area contributed by atoms with Gasteiger partial charge in [-0.15, -0.1) is 0 Å². The van der Waals surface area contributed by atoms with E-state index >= 15 is 0 Å². The van der Waals surface area contributed by atoms with Crippen LogP contribution < -0.4 is 0 Å². The Kier molecular flexibility index (Phi) is 2.84. The van der Waals surface area contributed by atoms with E-state index in [1.165, 1.54) is 25.7 Å². The lowest BCUT2D eigenvalue weighted by Crippen LogP contribution is -2.40. The molecule has 0 radical (unpaired) electrons. The SMILES string of the molecule is Cl[B-](Cl)(Cl)[N+]1=CCC2CCCCC21. The number of hydrogen-bond donors (Lipinski definition) is 0. The Morgan fingerprint density at radius 1 is 1.15 bits per heavy atom.